The van der Waals surface area contributed by atoms with Gasteiger partial charge in [-0.05, 0) is 44.6 Å². The molecule has 0 bridgehead atoms. The molecule has 0 aromatic heterocycles. The van der Waals surface area contributed by atoms with E-state index in [9.17, 15) is 0 Å². The second-order valence-corrected chi connectivity index (χ2v) is 6.49. The predicted molar refractivity (Wildman–Crippen MR) is 95.3 cm³/mol. The Morgan fingerprint density at radius 3 is 2.16 bits per heavy atom. The number of ether oxygens (including phenoxy) is 1. The number of thioether (sulfide) groups is 1. The van der Waals surface area contributed by atoms with Crippen LogP contribution >= 0.6 is 27.7 Å². The molecule has 0 N–H and O–H groups in total. The Bertz CT molecular complexity index is 306. The number of methoxy groups -OCH3 is 1. The molecule has 0 radical (unpaired) electrons. The highest BCUT2D eigenvalue weighted by atomic mass is 79.9. The highest BCUT2D eigenvalue weighted by molar-refractivity contribution is 9.11. The standard InChI is InChI=1S/C13H21BrS.C3H8O/c1-7-12(14)8-13(9(2)3)10(4)11(5)15-6;1-3-4-2/h7-8,10-11H,2H2,1,3-6H3;3H2,1-2H3/b12-7+,13-8+;. The molecule has 1 nitrogen and oxygen atoms in total. The van der Waals surface area contributed by atoms with Crippen molar-refractivity contribution in [2.24, 2.45) is 5.92 Å². The number of hydrogen-bond donors (Lipinski definition) is 0. The van der Waals surface area contributed by atoms with Gasteiger partial charge in [0.05, 0.1) is 0 Å². The van der Waals surface area contributed by atoms with Crippen molar-refractivity contribution < 1.29 is 4.74 Å². The molecular weight excluding hydrogens is 320 g/mol. The average Bonchev–Trinajstić information content (AvgIpc) is 2.42. The largest absolute Gasteiger partial charge is 0.385 e. The minimum absolute atomic E-state index is 0.532. The molecule has 0 aliphatic rings. The molecule has 0 heterocycles. The molecule has 2 atom stereocenters. The summed E-state index contributed by atoms with van der Waals surface area (Å²) in [6.07, 6.45) is 6.39. The average molecular weight is 349 g/mol. The maximum atomic E-state index is 4.54. The van der Waals surface area contributed by atoms with E-state index in [1.807, 2.05) is 25.6 Å². The number of halogens is 1. The molecular formula is C16H29BrOS. The fourth-order valence-corrected chi connectivity index (χ4v) is 2.13. The first-order valence-electron chi connectivity index (χ1n) is 6.56. The summed E-state index contributed by atoms with van der Waals surface area (Å²) in [5.74, 6) is 0.532. The number of allylic oxidation sites excluding steroid dienone is 5. The van der Waals surface area contributed by atoms with Gasteiger partial charge in [0.1, 0.15) is 0 Å². The van der Waals surface area contributed by atoms with Gasteiger partial charge in [-0.1, -0.05) is 48.0 Å². The molecule has 3 heteroatoms. The van der Waals surface area contributed by atoms with E-state index in [1.54, 1.807) is 7.11 Å². The minimum atomic E-state index is 0.532. The molecule has 2 unspecified atom stereocenters. The van der Waals surface area contributed by atoms with Crippen LogP contribution in [0.2, 0.25) is 0 Å². The van der Waals surface area contributed by atoms with Crippen LogP contribution in [-0.4, -0.2) is 25.2 Å². The van der Waals surface area contributed by atoms with E-state index < -0.39 is 0 Å². The van der Waals surface area contributed by atoms with Gasteiger partial charge in [-0.3, -0.25) is 0 Å². The fraction of sp³-hybridized carbons (Fsp3) is 0.625. The first kappa shape index (κ1) is 21.3. The summed E-state index contributed by atoms with van der Waals surface area (Å²) in [6.45, 7) is 15.5. The number of hydrogen-bond acceptors (Lipinski definition) is 2. The Morgan fingerprint density at radius 1 is 1.42 bits per heavy atom. The maximum Gasteiger partial charge on any atom is 0.0433 e. The van der Waals surface area contributed by atoms with E-state index in [4.69, 9.17) is 0 Å². The Hall–Kier alpha value is 0.01000. The molecule has 19 heavy (non-hydrogen) atoms. The first-order valence-corrected chi connectivity index (χ1v) is 8.64. The van der Waals surface area contributed by atoms with Gasteiger partial charge in [0, 0.05) is 23.4 Å². The summed E-state index contributed by atoms with van der Waals surface area (Å²) in [6, 6.07) is 0. The second kappa shape index (κ2) is 13.0. The zero-order chi connectivity index (χ0) is 15.4. The van der Waals surface area contributed by atoms with Gasteiger partial charge in [-0.15, -0.1) is 0 Å². The molecule has 0 saturated carbocycles. The Kier molecular flexibility index (Phi) is 14.6. The van der Waals surface area contributed by atoms with Crippen LogP contribution in [0.4, 0.5) is 0 Å². The maximum absolute atomic E-state index is 4.54. The van der Waals surface area contributed by atoms with E-state index in [1.165, 1.54) is 5.57 Å². The minimum Gasteiger partial charge on any atom is -0.385 e. The van der Waals surface area contributed by atoms with Gasteiger partial charge in [0.2, 0.25) is 0 Å². The summed E-state index contributed by atoms with van der Waals surface area (Å²) in [5, 5.41) is 0.616. The van der Waals surface area contributed by atoms with Gasteiger partial charge < -0.3 is 4.74 Å². The quantitative estimate of drug-likeness (QED) is 0.558. The zero-order valence-corrected chi connectivity index (χ0v) is 15.8. The fourth-order valence-electron chi connectivity index (χ4n) is 1.33. The van der Waals surface area contributed by atoms with Crippen LogP contribution in [0.1, 0.15) is 34.6 Å². The molecule has 0 fully saturated rings. The third-order valence-corrected chi connectivity index (χ3v) is 4.76. The highest BCUT2D eigenvalue weighted by Crippen LogP contribution is 2.29. The second-order valence-electron chi connectivity index (χ2n) is 4.36. The van der Waals surface area contributed by atoms with Crippen LogP contribution in [0.15, 0.2) is 34.4 Å². The monoisotopic (exact) mass is 348 g/mol. The molecule has 0 aromatic carbocycles. The van der Waals surface area contributed by atoms with Gasteiger partial charge in [-0.25, -0.2) is 0 Å². The lowest BCUT2D eigenvalue weighted by Gasteiger charge is -2.21. The molecule has 0 aliphatic carbocycles. The van der Waals surface area contributed by atoms with Crippen molar-refractivity contribution in [3.63, 3.8) is 0 Å². The van der Waals surface area contributed by atoms with Crippen molar-refractivity contribution >= 4 is 27.7 Å². The van der Waals surface area contributed by atoms with Gasteiger partial charge >= 0.3 is 0 Å². The van der Waals surface area contributed by atoms with Crippen LogP contribution in [0.5, 0.6) is 0 Å². The van der Waals surface area contributed by atoms with Crippen LogP contribution < -0.4 is 0 Å². The lowest BCUT2D eigenvalue weighted by Crippen LogP contribution is -2.13. The summed E-state index contributed by atoms with van der Waals surface area (Å²) in [5.41, 5.74) is 2.49. The van der Waals surface area contributed by atoms with E-state index in [0.717, 1.165) is 16.7 Å². The lowest BCUT2D eigenvalue weighted by atomic mass is 9.92. The molecule has 0 aliphatic heterocycles. The highest BCUT2D eigenvalue weighted by Gasteiger charge is 2.16. The lowest BCUT2D eigenvalue weighted by molar-refractivity contribution is 0.215. The molecule has 0 rings (SSSR count). The van der Waals surface area contributed by atoms with Crippen molar-refractivity contribution in [3.05, 3.63) is 34.4 Å². The third-order valence-electron chi connectivity index (χ3n) is 2.92. The van der Waals surface area contributed by atoms with Crippen LogP contribution in [-0.2, 0) is 4.74 Å². The van der Waals surface area contributed by atoms with Crippen molar-refractivity contribution in [1.82, 2.24) is 0 Å². The van der Waals surface area contributed by atoms with Crippen LogP contribution in [0.25, 0.3) is 0 Å². The SMILES string of the molecule is C=C(C)/C(=C\C(Br)=C/C)C(C)C(C)SC.CCOC. The normalized spacial score (nSPS) is 15.4. The third kappa shape index (κ3) is 10.5. The molecule has 0 saturated heterocycles. The Labute approximate surface area is 132 Å². The summed E-state index contributed by atoms with van der Waals surface area (Å²) < 4.78 is 5.67. The van der Waals surface area contributed by atoms with Gasteiger partial charge in [-0.2, -0.15) is 11.8 Å². The van der Waals surface area contributed by atoms with Crippen molar-refractivity contribution in [2.75, 3.05) is 20.0 Å². The smallest absolute Gasteiger partial charge is 0.0433 e. The first-order chi connectivity index (χ1) is 8.85. The van der Waals surface area contributed by atoms with Crippen LogP contribution in [0, 0.1) is 5.92 Å². The Morgan fingerprint density at radius 2 is 1.89 bits per heavy atom. The van der Waals surface area contributed by atoms with E-state index in [-0.39, 0.29) is 0 Å². The topological polar surface area (TPSA) is 9.23 Å². The summed E-state index contributed by atoms with van der Waals surface area (Å²) in [7, 11) is 1.68. The van der Waals surface area contributed by atoms with Crippen molar-refractivity contribution in [1.29, 1.82) is 0 Å². The predicted octanol–water partition coefficient (Wildman–Crippen LogP) is 5.83. The van der Waals surface area contributed by atoms with Gasteiger partial charge in [0.15, 0.2) is 0 Å². The van der Waals surface area contributed by atoms with Crippen molar-refractivity contribution in [3.8, 4) is 0 Å². The molecule has 0 aromatic rings. The number of rotatable bonds is 6. The van der Waals surface area contributed by atoms with E-state index in [0.29, 0.717) is 11.2 Å². The zero-order valence-electron chi connectivity index (χ0n) is 13.4. The summed E-state index contributed by atoms with van der Waals surface area (Å²) in [4.78, 5) is 0. The van der Waals surface area contributed by atoms with E-state index in [2.05, 4.69) is 66.4 Å². The molecule has 112 valence electrons. The molecule has 0 amide bonds. The summed E-state index contributed by atoms with van der Waals surface area (Å²) >= 11 is 5.42. The molecule has 0 spiro atoms. The Balaban J connectivity index is 0. The van der Waals surface area contributed by atoms with Crippen molar-refractivity contribution in [2.45, 2.75) is 39.9 Å². The van der Waals surface area contributed by atoms with Crippen LogP contribution in [0.3, 0.4) is 0 Å². The van der Waals surface area contributed by atoms with E-state index >= 15 is 0 Å². The van der Waals surface area contributed by atoms with Gasteiger partial charge in [0.25, 0.3) is 0 Å².